The second kappa shape index (κ2) is 4.08. The zero-order valence-electron chi connectivity index (χ0n) is 7.45. The fourth-order valence-electron chi connectivity index (χ4n) is 0.777. The number of hydrogen-bond donors (Lipinski definition) is 1. The molecule has 0 saturated carbocycles. The molecule has 0 radical (unpaired) electrons. The molecule has 0 fully saturated rings. The fraction of sp³-hybridized carbons (Fsp3) is 0.400. The molecule has 1 rings (SSSR count). The SMILES string of the molecule is CC(C)(O)C[Se]c1ccccc1. The van der Waals surface area contributed by atoms with Crippen LogP contribution in [0.25, 0.3) is 0 Å². The van der Waals surface area contributed by atoms with Crippen molar-refractivity contribution in [2.45, 2.75) is 24.8 Å². The van der Waals surface area contributed by atoms with Gasteiger partial charge in [0.1, 0.15) is 0 Å². The van der Waals surface area contributed by atoms with Crippen molar-refractivity contribution in [3.8, 4) is 0 Å². The Morgan fingerprint density at radius 1 is 1.25 bits per heavy atom. The Kier molecular flexibility index (Phi) is 3.33. The first-order chi connectivity index (χ1) is 5.58. The predicted octanol–water partition coefficient (Wildman–Crippen LogP) is 1.21. The van der Waals surface area contributed by atoms with Crippen molar-refractivity contribution in [3.63, 3.8) is 0 Å². The van der Waals surface area contributed by atoms with Crippen molar-refractivity contribution >= 4 is 19.4 Å². The standard InChI is InChI=1S/C10H14OSe/c1-10(2,11)8-12-9-6-4-3-5-7-9/h3-7,11H,8H2,1-2H3. The van der Waals surface area contributed by atoms with E-state index in [2.05, 4.69) is 12.1 Å². The molecule has 0 atom stereocenters. The van der Waals surface area contributed by atoms with E-state index in [4.69, 9.17) is 0 Å². The van der Waals surface area contributed by atoms with E-state index in [0.29, 0.717) is 15.0 Å². The van der Waals surface area contributed by atoms with Gasteiger partial charge in [-0.25, -0.2) is 0 Å². The van der Waals surface area contributed by atoms with Crippen molar-refractivity contribution in [3.05, 3.63) is 30.3 Å². The van der Waals surface area contributed by atoms with Gasteiger partial charge in [-0.15, -0.1) is 0 Å². The maximum absolute atomic E-state index is 9.49. The van der Waals surface area contributed by atoms with Gasteiger partial charge in [0, 0.05) is 0 Å². The molecule has 0 amide bonds. The van der Waals surface area contributed by atoms with Crippen LogP contribution >= 0.6 is 0 Å². The van der Waals surface area contributed by atoms with E-state index in [-0.39, 0.29) is 0 Å². The van der Waals surface area contributed by atoms with Crippen molar-refractivity contribution in [2.75, 3.05) is 0 Å². The molecule has 0 saturated heterocycles. The average molecular weight is 229 g/mol. The molecule has 0 aliphatic heterocycles. The Bertz CT molecular complexity index is 225. The first kappa shape index (κ1) is 9.78. The molecule has 0 bridgehead atoms. The number of benzene rings is 1. The Balaban J connectivity index is 2.44. The van der Waals surface area contributed by atoms with E-state index < -0.39 is 5.60 Å². The van der Waals surface area contributed by atoms with E-state index in [1.807, 2.05) is 32.0 Å². The van der Waals surface area contributed by atoms with Crippen LogP contribution in [0.15, 0.2) is 30.3 Å². The van der Waals surface area contributed by atoms with Gasteiger partial charge in [0.25, 0.3) is 0 Å². The van der Waals surface area contributed by atoms with Crippen LogP contribution in [0.1, 0.15) is 13.8 Å². The van der Waals surface area contributed by atoms with Gasteiger partial charge in [-0.2, -0.15) is 0 Å². The molecule has 1 nitrogen and oxygen atoms in total. The molecule has 1 aromatic carbocycles. The van der Waals surface area contributed by atoms with Gasteiger partial charge in [0.15, 0.2) is 0 Å². The Morgan fingerprint density at radius 2 is 1.83 bits per heavy atom. The predicted molar refractivity (Wildman–Crippen MR) is 52.9 cm³/mol. The fourth-order valence-corrected chi connectivity index (χ4v) is 2.60. The van der Waals surface area contributed by atoms with Crippen LogP contribution in [0.3, 0.4) is 0 Å². The number of hydrogen-bond acceptors (Lipinski definition) is 1. The number of rotatable bonds is 3. The summed E-state index contributed by atoms with van der Waals surface area (Å²) in [5.74, 6) is 0. The first-order valence-electron chi connectivity index (χ1n) is 3.98. The van der Waals surface area contributed by atoms with Gasteiger partial charge >= 0.3 is 79.6 Å². The zero-order valence-corrected chi connectivity index (χ0v) is 9.16. The van der Waals surface area contributed by atoms with Crippen molar-refractivity contribution in [1.82, 2.24) is 0 Å². The molecule has 1 N–H and O–H groups in total. The summed E-state index contributed by atoms with van der Waals surface area (Å²) in [6, 6.07) is 10.3. The van der Waals surface area contributed by atoms with Crippen molar-refractivity contribution < 1.29 is 5.11 Å². The summed E-state index contributed by atoms with van der Waals surface area (Å²) >= 11 is 0.402. The normalized spacial score (nSPS) is 11.6. The molecule has 1 aromatic rings. The molecule has 12 heavy (non-hydrogen) atoms. The molecule has 0 unspecified atom stereocenters. The Morgan fingerprint density at radius 3 is 2.33 bits per heavy atom. The maximum atomic E-state index is 9.49. The minimum absolute atomic E-state index is 0.402. The van der Waals surface area contributed by atoms with Crippen LogP contribution in [0.2, 0.25) is 5.32 Å². The van der Waals surface area contributed by atoms with Crippen LogP contribution in [-0.4, -0.2) is 25.7 Å². The van der Waals surface area contributed by atoms with Crippen LogP contribution < -0.4 is 4.46 Å². The van der Waals surface area contributed by atoms with Gasteiger partial charge in [0.05, 0.1) is 0 Å². The summed E-state index contributed by atoms with van der Waals surface area (Å²) < 4.78 is 1.35. The summed E-state index contributed by atoms with van der Waals surface area (Å²) in [5.41, 5.74) is -0.518. The van der Waals surface area contributed by atoms with Gasteiger partial charge in [-0.1, -0.05) is 0 Å². The average Bonchev–Trinajstić information content (AvgIpc) is 2.02. The van der Waals surface area contributed by atoms with Gasteiger partial charge < -0.3 is 0 Å². The van der Waals surface area contributed by atoms with Crippen LogP contribution in [0, 0.1) is 0 Å². The molecule has 0 aliphatic rings. The van der Waals surface area contributed by atoms with Crippen molar-refractivity contribution in [2.24, 2.45) is 0 Å². The first-order valence-corrected chi connectivity index (χ1v) is 6.05. The number of aliphatic hydroxyl groups is 1. The zero-order chi connectivity index (χ0) is 9.03. The summed E-state index contributed by atoms with van der Waals surface area (Å²) in [7, 11) is 0. The van der Waals surface area contributed by atoms with Crippen LogP contribution in [0.5, 0.6) is 0 Å². The molecule has 0 heterocycles. The molecule has 66 valence electrons. The van der Waals surface area contributed by atoms with E-state index >= 15 is 0 Å². The summed E-state index contributed by atoms with van der Waals surface area (Å²) in [6.45, 7) is 3.72. The molecule has 0 aliphatic carbocycles. The van der Waals surface area contributed by atoms with Gasteiger partial charge in [-0.3, -0.25) is 0 Å². The molecular weight excluding hydrogens is 215 g/mol. The summed E-state index contributed by atoms with van der Waals surface area (Å²) in [4.78, 5) is 0. The monoisotopic (exact) mass is 230 g/mol. The third-order valence-electron chi connectivity index (χ3n) is 1.34. The van der Waals surface area contributed by atoms with E-state index in [1.165, 1.54) is 4.46 Å². The third kappa shape index (κ3) is 3.91. The Hall–Kier alpha value is -0.301. The minimum atomic E-state index is -0.518. The van der Waals surface area contributed by atoms with Gasteiger partial charge in [-0.05, 0) is 0 Å². The molecule has 2 heteroatoms. The molecule has 0 spiro atoms. The Labute approximate surface area is 80.0 Å². The topological polar surface area (TPSA) is 20.2 Å². The van der Waals surface area contributed by atoms with E-state index in [0.717, 1.165) is 5.32 Å². The quantitative estimate of drug-likeness (QED) is 0.772. The van der Waals surface area contributed by atoms with Crippen LogP contribution in [0.4, 0.5) is 0 Å². The molecular formula is C10H14OSe. The van der Waals surface area contributed by atoms with E-state index in [9.17, 15) is 5.11 Å². The second-order valence-corrected chi connectivity index (χ2v) is 5.61. The second-order valence-electron chi connectivity index (χ2n) is 3.41. The van der Waals surface area contributed by atoms with Gasteiger partial charge in [0.2, 0.25) is 0 Å². The summed E-state index contributed by atoms with van der Waals surface area (Å²) in [6.07, 6.45) is 0. The van der Waals surface area contributed by atoms with E-state index in [1.54, 1.807) is 0 Å². The van der Waals surface area contributed by atoms with Crippen molar-refractivity contribution in [1.29, 1.82) is 0 Å². The molecule has 0 aromatic heterocycles. The summed E-state index contributed by atoms with van der Waals surface area (Å²) in [5, 5.41) is 10.4. The van der Waals surface area contributed by atoms with Crippen LogP contribution in [-0.2, 0) is 0 Å². The third-order valence-corrected chi connectivity index (χ3v) is 4.39.